The number of piperidine rings is 1. The Morgan fingerprint density at radius 3 is 2.70 bits per heavy atom. The third kappa shape index (κ3) is 4.65. The molecule has 1 unspecified atom stereocenters. The van der Waals surface area contributed by atoms with Crippen LogP contribution in [0.1, 0.15) is 68.5 Å². The number of hydrogen-bond acceptors (Lipinski definition) is 8. The van der Waals surface area contributed by atoms with Gasteiger partial charge in [-0.15, -0.1) is 4.72 Å². The quantitative estimate of drug-likeness (QED) is 0.456. The highest BCUT2D eigenvalue weighted by Gasteiger charge is 2.51. The first-order valence-corrected chi connectivity index (χ1v) is 13.2. The molecular formula is C22H31BrN6O3S. The minimum Gasteiger partial charge on any atom is -0.598 e. The Labute approximate surface area is 206 Å². The smallest absolute Gasteiger partial charge is 0.360 e. The van der Waals surface area contributed by atoms with E-state index in [1.54, 1.807) is 13.1 Å². The number of nitrogens with one attached hydrogen (secondary N) is 1. The van der Waals surface area contributed by atoms with E-state index in [0.29, 0.717) is 23.5 Å². The Morgan fingerprint density at radius 2 is 2.06 bits per heavy atom. The zero-order valence-corrected chi connectivity index (χ0v) is 22.1. The Balaban J connectivity index is 1.59. The fraction of sp³-hybridized carbons (Fsp3) is 0.636. The zero-order chi connectivity index (χ0) is 24.0. The van der Waals surface area contributed by atoms with Gasteiger partial charge in [0.05, 0.1) is 18.0 Å². The van der Waals surface area contributed by atoms with Crippen molar-refractivity contribution in [2.75, 3.05) is 24.6 Å². The fourth-order valence-corrected chi connectivity index (χ4v) is 5.75. The summed E-state index contributed by atoms with van der Waals surface area (Å²) >= 11 is 2.18. The van der Waals surface area contributed by atoms with Crippen molar-refractivity contribution in [2.45, 2.75) is 64.8 Å². The summed E-state index contributed by atoms with van der Waals surface area (Å²) in [5, 5.41) is 4.50. The molecule has 0 saturated carbocycles. The van der Waals surface area contributed by atoms with E-state index in [1.165, 1.54) is 0 Å². The molecule has 180 valence electrons. The van der Waals surface area contributed by atoms with Crippen molar-refractivity contribution in [1.82, 2.24) is 24.5 Å². The Kier molecular flexibility index (Phi) is 6.78. The van der Waals surface area contributed by atoms with E-state index in [9.17, 15) is 9.35 Å². The number of fused-ring (bicyclic) bond motifs is 1. The maximum Gasteiger partial charge on any atom is 0.360 e. The molecule has 0 radical (unpaired) electrons. The van der Waals surface area contributed by atoms with Crippen LogP contribution < -0.4 is 9.62 Å². The lowest BCUT2D eigenvalue weighted by atomic mass is 9.73. The van der Waals surface area contributed by atoms with Crippen molar-refractivity contribution in [3.05, 3.63) is 33.9 Å². The van der Waals surface area contributed by atoms with Crippen LogP contribution in [0.5, 0.6) is 0 Å². The number of esters is 1. The molecule has 2 aliphatic heterocycles. The number of rotatable bonds is 5. The molecule has 0 bridgehead atoms. The van der Waals surface area contributed by atoms with E-state index in [-0.39, 0.29) is 28.5 Å². The first-order chi connectivity index (χ1) is 15.6. The highest BCUT2D eigenvalue weighted by Crippen LogP contribution is 2.50. The molecule has 2 aromatic heterocycles. The number of ether oxygens (including phenoxy) is 1. The summed E-state index contributed by atoms with van der Waals surface area (Å²) in [6, 6.07) is 1.96. The summed E-state index contributed by atoms with van der Waals surface area (Å²) in [6.45, 7) is 12.0. The molecule has 4 heterocycles. The van der Waals surface area contributed by atoms with E-state index in [0.717, 1.165) is 30.8 Å². The fourth-order valence-electron chi connectivity index (χ4n) is 4.55. The molecule has 1 fully saturated rings. The first kappa shape index (κ1) is 24.4. The Morgan fingerprint density at radius 1 is 1.36 bits per heavy atom. The molecule has 9 nitrogen and oxygen atoms in total. The summed E-state index contributed by atoms with van der Waals surface area (Å²) < 4.78 is 23.9. The average molecular weight is 540 g/mol. The van der Waals surface area contributed by atoms with E-state index < -0.39 is 17.3 Å². The summed E-state index contributed by atoms with van der Waals surface area (Å²) in [5.74, 6) is 0.0876. The Hall–Kier alpha value is -1.69. The second-order valence-corrected chi connectivity index (χ2v) is 12.4. The second kappa shape index (κ2) is 9.16. The van der Waals surface area contributed by atoms with Crippen molar-refractivity contribution in [1.29, 1.82) is 0 Å². The monoisotopic (exact) mass is 538 g/mol. The average Bonchev–Trinajstić information content (AvgIpc) is 3.30. The molecule has 0 aromatic carbocycles. The van der Waals surface area contributed by atoms with Gasteiger partial charge in [-0.2, -0.15) is 5.10 Å². The molecular weight excluding hydrogens is 508 g/mol. The maximum absolute atomic E-state index is 13.0. The molecule has 1 spiro atoms. The van der Waals surface area contributed by atoms with Gasteiger partial charge in [0.2, 0.25) is 0 Å². The third-order valence-corrected chi connectivity index (χ3v) is 8.74. The van der Waals surface area contributed by atoms with Gasteiger partial charge < -0.3 is 14.2 Å². The van der Waals surface area contributed by atoms with Crippen molar-refractivity contribution in [2.24, 2.45) is 5.41 Å². The lowest BCUT2D eigenvalue weighted by Gasteiger charge is -2.43. The molecule has 0 amide bonds. The SMILES string of the molecule is CCOC(=O)c1nc(Br)c(C)nc1N1CCC2(CC1)Cn1nccc1[C@H]2N[S+]([O-])C(C)(C)C. The molecule has 4 rings (SSSR count). The van der Waals surface area contributed by atoms with Crippen LogP contribution in [0.3, 0.4) is 0 Å². The lowest BCUT2D eigenvalue weighted by Crippen LogP contribution is -2.50. The van der Waals surface area contributed by atoms with Crippen LogP contribution in [0.15, 0.2) is 16.9 Å². The molecule has 33 heavy (non-hydrogen) atoms. The number of hydrogen-bond donors (Lipinski definition) is 1. The van der Waals surface area contributed by atoms with Crippen LogP contribution in [0, 0.1) is 12.3 Å². The van der Waals surface area contributed by atoms with Crippen molar-refractivity contribution < 1.29 is 14.1 Å². The van der Waals surface area contributed by atoms with Gasteiger partial charge in [0.1, 0.15) is 15.4 Å². The van der Waals surface area contributed by atoms with Crippen LogP contribution in [-0.2, 0) is 22.6 Å². The van der Waals surface area contributed by atoms with E-state index in [4.69, 9.17) is 4.74 Å². The molecule has 2 atom stereocenters. The van der Waals surface area contributed by atoms with Crippen LogP contribution in [0.4, 0.5) is 5.82 Å². The van der Waals surface area contributed by atoms with Crippen molar-refractivity contribution >= 4 is 39.1 Å². The highest BCUT2D eigenvalue weighted by atomic mass is 79.9. The van der Waals surface area contributed by atoms with Gasteiger partial charge >= 0.3 is 5.97 Å². The van der Waals surface area contributed by atoms with Gasteiger partial charge in [0.25, 0.3) is 0 Å². The van der Waals surface area contributed by atoms with Gasteiger partial charge in [-0.25, -0.2) is 14.8 Å². The number of aromatic nitrogens is 4. The number of halogens is 1. The van der Waals surface area contributed by atoms with Gasteiger partial charge in [0, 0.05) is 42.6 Å². The predicted octanol–water partition coefficient (Wildman–Crippen LogP) is 3.31. The van der Waals surface area contributed by atoms with Gasteiger partial charge in [-0.1, -0.05) is 0 Å². The summed E-state index contributed by atoms with van der Waals surface area (Å²) in [4.78, 5) is 23.8. The van der Waals surface area contributed by atoms with Crippen LogP contribution in [0.2, 0.25) is 0 Å². The van der Waals surface area contributed by atoms with Crippen molar-refractivity contribution in [3.8, 4) is 0 Å². The number of anilines is 1. The Bertz CT molecular complexity index is 1030. The molecule has 0 aliphatic carbocycles. The summed E-state index contributed by atoms with van der Waals surface area (Å²) in [7, 11) is 0. The maximum atomic E-state index is 13.0. The van der Waals surface area contributed by atoms with Crippen molar-refractivity contribution in [3.63, 3.8) is 0 Å². The second-order valence-electron chi connectivity index (χ2n) is 9.69. The summed E-state index contributed by atoms with van der Waals surface area (Å²) in [5.41, 5.74) is 1.92. The standard InChI is InChI=1S/C22H31BrN6O3S/c1-6-32-20(30)16-19(25-14(2)18(23)26-16)28-11-8-22(9-12-28)13-29-15(7-10-24-29)17(22)27-33(31)21(3,4)5/h7,10,17,27H,6,8-9,11-13H2,1-5H3/t17-,33?/m1/s1. The van der Waals surface area contributed by atoms with Crippen LogP contribution in [0.25, 0.3) is 0 Å². The minimum absolute atomic E-state index is 0.0514. The topological polar surface area (TPSA) is 108 Å². The van der Waals surface area contributed by atoms with Crippen LogP contribution >= 0.6 is 15.9 Å². The van der Waals surface area contributed by atoms with Gasteiger partial charge in [-0.05, 0) is 69.5 Å². The van der Waals surface area contributed by atoms with E-state index >= 15 is 0 Å². The predicted molar refractivity (Wildman–Crippen MR) is 130 cm³/mol. The van der Waals surface area contributed by atoms with Gasteiger partial charge in [0.15, 0.2) is 11.5 Å². The molecule has 11 heteroatoms. The molecule has 2 aromatic rings. The van der Waals surface area contributed by atoms with Crippen LogP contribution in [-0.4, -0.2) is 54.7 Å². The molecule has 1 N–H and O–H groups in total. The number of nitrogens with zero attached hydrogens (tertiary/aromatic N) is 5. The number of carbonyl (C=O) groups is 1. The first-order valence-electron chi connectivity index (χ1n) is 11.2. The summed E-state index contributed by atoms with van der Waals surface area (Å²) in [6.07, 6.45) is 3.49. The lowest BCUT2D eigenvalue weighted by molar-refractivity contribution is 0.0519. The number of carbonyl (C=O) groups excluding carboxylic acids is 1. The van der Waals surface area contributed by atoms with E-state index in [1.807, 2.05) is 38.4 Å². The van der Waals surface area contributed by atoms with Gasteiger partial charge in [-0.3, -0.25) is 4.68 Å². The molecule has 2 aliphatic rings. The third-order valence-electron chi connectivity index (χ3n) is 6.42. The molecule has 1 saturated heterocycles. The minimum atomic E-state index is -1.20. The largest absolute Gasteiger partial charge is 0.598 e. The number of aryl methyl sites for hydroxylation is 1. The normalized spacial score (nSPS) is 20.7. The highest BCUT2D eigenvalue weighted by molar-refractivity contribution is 9.10. The van der Waals surface area contributed by atoms with E-state index in [2.05, 4.69) is 40.6 Å². The zero-order valence-electron chi connectivity index (χ0n) is 19.7.